The first-order valence-corrected chi connectivity index (χ1v) is 9.56. The predicted octanol–water partition coefficient (Wildman–Crippen LogP) is 3.62. The molecule has 0 heterocycles. The Bertz CT molecular complexity index is 865. The minimum atomic E-state index is -0.842. The molecule has 0 aliphatic rings. The lowest BCUT2D eigenvalue weighted by Crippen LogP contribution is -2.32. The first-order valence-electron chi connectivity index (χ1n) is 9.56. The molecule has 2 aromatic rings. The Morgan fingerprint density at radius 2 is 1.55 bits per heavy atom. The van der Waals surface area contributed by atoms with Crippen LogP contribution in [-0.4, -0.2) is 29.4 Å². The van der Waals surface area contributed by atoms with Gasteiger partial charge >= 0.3 is 5.97 Å². The van der Waals surface area contributed by atoms with Crippen LogP contribution in [0.3, 0.4) is 0 Å². The molecule has 0 fully saturated rings. The second-order valence-corrected chi connectivity index (χ2v) is 8.20. The quantitative estimate of drug-likeness (QED) is 0.666. The first kappa shape index (κ1) is 22.1. The molecule has 0 aromatic heterocycles. The highest BCUT2D eigenvalue weighted by Crippen LogP contribution is 2.22. The van der Waals surface area contributed by atoms with E-state index in [2.05, 4.69) is 31.4 Å². The van der Waals surface area contributed by atoms with Crippen molar-refractivity contribution in [3.8, 4) is 0 Å². The van der Waals surface area contributed by atoms with Gasteiger partial charge in [0.25, 0.3) is 5.91 Å². The van der Waals surface area contributed by atoms with E-state index in [1.54, 1.807) is 43.3 Å². The Morgan fingerprint density at radius 1 is 0.966 bits per heavy atom. The van der Waals surface area contributed by atoms with Crippen molar-refractivity contribution in [2.24, 2.45) is 5.92 Å². The number of nitrogens with one attached hydrogen (secondary N) is 2. The van der Waals surface area contributed by atoms with E-state index in [9.17, 15) is 14.4 Å². The van der Waals surface area contributed by atoms with Crippen molar-refractivity contribution < 1.29 is 19.5 Å². The highest BCUT2D eigenvalue weighted by atomic mass is 16.4. The van der Waals surface area contributed by atoms with E-state index >= 15 is 0 Å². The zero-order valence-electron chi connectivity index (χ0n) is 17.3. The molecule has 0 bridgehead atoms. The van der Waals surface area contributed by atoms with Crippen LogP contribution < -0.4 is 10.6 Å². The Kier molecular flexibility index (Phi) is 7.15. The second-order valence-electron chi connectivity index (χ2n) is 8.20. The Labute approximate surface area is 171 Å². The van der Waals surface area contributed by atoms with Crippen LogP contribution in [-0.2, 0) is 21.4 Å². The fourth-order valence-corrected chi connectivity index (χ4v) is 2.75. The fourth-order valence-electron chi connectivity index (χ4n) is 2.75. The second kappa shape index (κ2) is 9.37. The molecule has 1 unspecified atom stereocenters. The van der Waals surface area contributed by atoms with E-state index in [0.29, 0.717) is 17.7 Å². The summed E-state index contributed by atoms with van der Waals surface area (Å²) in [4.78, 5) is 35.2. The van der Waals surface area contributed by atoms with E-state index in [1.807, 2.05) is 12.1 Å². The first-order chi connectivity index (χ1) is 13.6. The number of aliphatic carboxylic acids is 1. The van der Waals surface area contributed by atoms with Crippen molar-refractivity contribution in [2.45, 2.75) is 39.5 Å². The number of carboxylic acids is 1. The van der Waals surface area contributed by atoms with Crippen molar-refractivity contribution >= 4 is 23.5 Å². The Morgan fingerprint density at radius 3 is 2.07 bits per heavy atom. The molecule has 2 amide bonds. The predicted molar refractivity (Wildman–Crippen MR) is 113 cm³/mol. The largest absolute Gasteiger partial charge is 0.481 e. The van der Waals surface area contributed by atoms with Gasteiger partial charge in [-0.2, -0.15) is 0 Å². The molecule has 0 aliphatic carbocycles. The summed E-state index contributed by atoms with van der Waals surface area (Å²) in [6.45, 7) is 7.82. The zero-order valence-corrected chi connectivity index (χ0v) is 17.3. The lowest BCUT2D eigenvalue weighted by molar-refractivity contribution is -0.141. The molecular weight excluding hydrogens is 368 g/mol. The average molecular weight is 396 g/mol. The monoisotopic (exact) mass is 396 g/mol. The molecule has 1 atom stereocenters. The topological polar surface area (TPSA) is 95.5 Å². The van der Waals surface area contributed by atoms with Crippen LogP contribution in [0.15, 0.2) is 48.5 Å². The third-order valence-corrected chi connectivity index (χ3v) is 4.62. The number of anilines is 1. The van der Waals surface area contributed by atoms with Gasteiger partial charge in [-0.3, -0.25) is 14.4 Å². The van der Waals surface area contributed by atoms with Crippen LogP contribution in [0.2, 0.25) is 0 Å². The number of benzene rings is 2. The smallest absolute Gasteiger partial charge is 0.306 e. The summed E-state index contributed by atoms with van der Waals surface area (Å²) in [7, 11) is 0. The number of carbonyl (C=O) groups excluding carboxylic acids is 2. The van der Waals surface area contributed by atoms with E-state index in [4.69, 9.17) is 5.11 Å². The van der Waals surface area contributed by atoms with Crippen molar-refractivity contribution in [2.75, 3.05) is 11.9 Å². The number of carboxylic acid groups (broad SMARTS) is 1. The highest BCUT2D eigenvalue weighted by Gasteiger charge is 2.15. The molecule has 6 nitrogen and oxygen atoms in total. The molecule has 0 saturated heterocycles. The molecule has 29 heavy (non-hydrogen) atoms. The normalized spacial score (nSPS) is 12.1. The van der Waals surface area contributed by atoms with Crippen LogP contribution in [0.25, 0.3) is 0 Å². The summed E-state index contributed by atoms with van der Waals surface area (Å²) in [6.07, 6.45) is 0.424. The standard InChI is InChI=1S/C23H28N2O4/c1-15(22(28)29)13-16-5-11-19(12-6-16)25-20(26)14-24-21(27)17-7-9-18(10-8-17)23(2,3)4/h5-12,15H,13-14H2,1-4H3,(H,24,27)(H,25,26)(H,28,29). The summed E-state index contributed by atoms with van der Waals surface area (Å²) in [5.74, 6) is -1.95. The lowest BCUT2D eigenvalue weighted by atomic mass is 9.87. The van der Waals surface area contributed by atoms with E-state index in [-0.39, 0.29) is 23.8 Å². The molecule has 0 spiro atoms. The van der Waals surface area contributed by atoms with Gasteiger partial charge in [0.15, 0.2) is 0 Å². The minimum Gasteiger partial charge on any atom is -0.481 e. The van der Waals surface area contributed by atoms with Crippen molar-refractivity contribution in [1.29, 1.82) is 0 Å². The summed E-state index contributed by atoms with van der Waals surface area (Å²) in [6, 6.07) is 14.3. The van der Waals surface area contributed by atoms with Crippen molar-refractivity contribution in [3.05, 3.63) is 65.2 Å². The molecule has 2 rings (SSSR count). The minimum absolute atomic E-state index is 0.0100. The van der Waals surface area contributed by atoms with Crippen LogP contribution in [0.4, 0.5) is 5.69 Å². The summed E-state index contributed by atoms with van der Waals surface area (Å²) < 4.78 is 0. The molecule has 2 aromatic carbocycles. The van der Waals surface area contributed by atoms with Gasteiger partial charge in [-0.15, -0.1) is 0 Å². The molecule has 154 valence electrons. The van der Waals surface area contributed by atoms with Gasteiger partial charge in [-0.05, 0) is 47.2 Å². The van der Waals surface area contributed by atoms with Crippen LogP contribution >= 0.6 is 0 Å². The third-order valence-electron chi connectivity index (χ3n) is 4.62. The van der Waals surface area contributed by atoms with Gasteiger partial charge in [0.2, 0.25) is 5.91 Å². The third kappa shape index (κ3) is 6.75. The van der Waals surface area contributed by atoms with E-state index < -0.39 is 11.9 Å². The Hall–Kier alpha value is -3.15. The molecule has 3 N–H and O–H groups in total. The molecule has 6 heteroatoms. The number of hydrogen-bond acceptors (Lipinski definition) is 3. The number of hydrogen-bond donors (Lipinski definition) is 3. The van der Waals surface area contributed by atoms with E-state index in [0.717, 1.165) is 11.1 Å². The van der Waals surface area contributed by atoms with Crippen molar-refractivity contribution in [1.82, 2.24) is 5.32 Å². The van der Waals surface area contributed by atoms with Gasteiger partial charge in [-0.1, -0.05) is 52.0 Å². The lowest BCUT2D eigenvalue weighted by Gasteiger charge is -2.19. The van der Waals surface area contributed by atoms with Gasteiger partial charge in [0, 0.05) is 11.3 Å². The molecular formula is C23H28N2O4. The maximum atomic E-state index is 12.2. The van der Waals surface area contributed by atoms with Gasteiger partial charge < -0.3 is 15.7 Å². The van der Waals surface area contributed by atoms with Gasteiger partial charge in [0.05, 0.1) is 12.5 Å². The maximum Gasteiger partial charge on any atom is 0.306 e. The number of rotatable bonds is 7. The van der Waals surface area contributed by atoms with Crippen molar-refractivity contribution in [3.63, 3.8) is 0 Å². The highest BCUT2D eigenvalue weighted by molar-refractivity contribution is 5.99. The van der Waals surface area contributed by atoms with Crippen LogP contribution in [0, 0.1) is 5.92 Å². The summed E-state index contributed by atoms with van der Waals surface area (Å²) in [5, 5.41) is 14.3. The van der Waals surface area contributed by atoms with Crippen LogP contribution in [0.5, 0.6) is 0 Å². The van der Waals surface area contributed by atoms with E-state index in [1.165, 1.54) is 0 Å². The fraction of sp³-hybridized carbons (Fsp3) is 0.348. The zero-order chi connectivity index (χ0) is 21.6. The average Bonchev–Trinajstić information content (AvgIpc) is 2.67. The maximum absolute atomic E-state index is 12.2. The molecule has 0 saturated carbocycles. The van der Waals surface area contributed by atoms with Gasteiger partial charge in [0.1, 0.15) is 0 Å². The number of carbonyl (C=O) groups is 3. The SMILES string of the molecule is CC(Cc1ccc(NC(=O)CNC(=O)c2ccc(C(C)(C)C)cc2)cc1)C(=O)O. The molecule has 0 aliphatic heterocycles. The van der Waals surface area contributed by atoms with Gasteiger partial charge in [-0.25, -0.2) is 0 Å². The Balaban J connectivity index is 1.84. The number of amides is 2. The molecule has 0 radical (unpaired) electrons. The summed E-state index contributed by atoms with van der Waals surface area (Å²) in [5.41, 5.74) is 3.11. The summed E-state index contributed by atoms with van der Waals surface area (Å²) >= 11 is 0. The van der Waals surface area contributed by atoms with Crippen LogP contribution in [0.1, 0.15) is 49.2 Å².